The minimum absolute atomic E-state index is 0.0641. The molecule has 0 aliphatic carbocycles. The van der Waals surface area contributed by atoms with Crippen LogP contribution in [0.3, 0.4) is 0 Å². The van der Waals surface area contributed by atoms with E-state index in [-0.39, 0.29) is 25.0 Å². The number of hydrogen-bond acceptors (Lipinski definition) is 6. The number of para-hydroxylation sites is 2. The van der Waals surface area contributed by atoms with Crippen LogP contribution >= 0.6 is 0 Å². The summed E-state index contributed by atoms with van der Waals surface area (Å²) in [5.41, 5.74) is 2.95. The van der Waals surface area contributed by atoms with Crippen molar-refractivity contribution in [3.8, 4) is 0 Å². The fraction of sp³-hybridized carbons (Fsp3) is 0.333. The van der Waals surface area contributed by atoms with Crippen LogP contribution in [0, 0.1) is 0 Å². The Kier molecular flexibility index (Phi) is 7.54. The van der Waals surface area contributed by atoms with Crippen molar-refractivity contribution in [3.05, 3.63) is 75.7 Å². The van der Waals surface area contributed by atoms with E-state index in [0.29, 0.717) is 17.8 Å². The summed E-state index contributed by atoms with van der Waals surface area (Å²) < 4.78 is 11.7. The first-order chi connectivity index (χ1) is 15.0. The zero-order chi connectivity index (χ0) is 22.2. The van der Waals surface area contributed by atoms with Gasteiger partial charge in [0.15, 0.2) is 0 Å². The molecule has 0 spiro atoms. The number of methoxy groups -OCH3 is 1. The van der Waals surface area contributed by atoms with Gasteiger partial charge in [-0.25, -0.2) is 9.78 Å². The molecule has 0 saturated heterocycles. The van der Waals surface area contributed by atoms with Crippen molar-refractivity contribution < 1.29 is 19.1 Å². The smallest absolute Gasteiger partial charge is 0.337 e. The van der Waals surface area contributed by atoms with E-state index in [1.54, 1.807) is 28.8 Å². The van der Waals surface area contributed by atoms with Crippen LogP contribution in [0.25, 0.3) is 11.0 Å². The highest BCUT2D eigenvalue weighted by molar-refractivity contribution is 5.89. The standard InChI is InChI=1S/C24H26N2O5/c1-3-4-15-26-21-8-6-5-7-19(21)25-20(23(26)28)13-14-22(27)31-16-17-9-11-18(12-10-17)24(29)30-2/h5-12H,3-4,13-16H2,1-2H3. The Labute approximate surface area is 180 Å². The molecule has 0 saturated carbocycles. The predicted octanol–water partition coefficient (Wildman–Crippen LogP) is 3.66. The number of carbonyl (C=O) groups is 2. The first-order valence-corrected chi connectivity index (χ1v) is 10.3. The molecule has 1 heterocycles. The number of carbonyl (C=O) groups excluding carboxylic acids is 2. The second-order valence-corrected chi connectivity index (χ2v) is 7.21. The normalized spacial score (nSPS) is 10.8. The van der Waals surface area contributed by atoms with Gasteiger partial charge in [-0.2, -0.15) is 0 Å². The summed E-state index contributed by atoms with van der Waals surface area (Å²) in [4.78, 5) is 41.1. The Hall–Kier alpha value is -3.48. The van der Waals surface area contributed by atoms with Gasteiger partial charge in [-0.15, -0.1) is 0 Å². The van der Waals surface area contributed by atoms with Gasteiger partial charge in [-0.1, -0.05) is 37.6 Å². The Morgan fingerprint density at radius 2 is 1.81 bits per heavy atom. The lowest BCUT2D eigenvalue weighted by Crippen LogP contribution is -2.26. The van der Waals surface area contributed by atoms with Crippen molar-refractivity contribution in [2.75, 3.05) is 7.11 Å². The average molecular weight is 422 g/mol. The largest absolute Gasteiger partial charge is 0.465 e. The first kappa shape index (κ1) is 22.2. The molecule has 7 nitrogen and oxygen atoms in total. The molecular weight excluding hydrogens is 396 g/mol. The van der Waals surface area contributed by atoms with Gasteiger partial charge in [0.25, 0.3) is 5.56 Å². The lowest BCUT2D eigenvalue weighted by atomic mass is 10.1. The molecule has 0 amide bonds. The lowest BCUT2D eigenvalue weighted by molar-refractivity contribution is -0.144. The van der Waals surface area contributed by atoms with E-state index in [0.717, 1.165) is 29.4 Å². The number of aromatic nitrogens is 2. The maximum absolute atomic E-state index is 12.9. The second kappa shape index (κ2) is 10.5. The third kappa shape index (κ3) is 5.57. The fourth-order valence-electron chi connectivity index (χ4n) is 3.26. The Morgan fingerprint density at radius 1 is 1.06 bits per heavy atom. The molecule has 0 fully saturated rings. The summed E-state index contributed by atoms with van der Waals surface area (Å²) in [6.07, 6.45) is 2.15. The molecule has 0 radical (unpaired) electrons. The van der Waals surface area contributed by atoms with Gasteiger partial charge in [0.2, 0.25) is 0 Å². The van der Waals surface area contributed by atoms with Crippen molar-refractivity contribution >= 4 is 23.0 Å². The second-order valence-electron chi connectivity index (χ2n) is 7.21. The number of aryl methyl sites for hydroxylation is 2. The van der Waals surface area contributed by atoms with Crippen molar-refractivity contribution in [1.29, 1.82) is 0 Å². The maximum atomic E-state index is 12.9. The quantitative estimate of drug-likeness (QED) is 0.489. The highest BCUT2D eigenvalue weighted by atomic mass is 16.5. The van der Waals surface area contributed by atoms with Crippen LogP contribution in [-0.4, -0.2) is 28.6 Å². The molecule has 0 aliphatic heterocycles. The Morgan fingerprint density at radius 3 is 2.52 bits per heavy atom. The van der Waals surface area contributed by atoms with E-state index < -0.39 is 11.9 Å². The molecule has 0 atom stereocenters. The van der Waals surface area contributed by atoms with Crippen LogP contribution < -0.4 is 5.56 Å². The molecule has 2 aromatic carbocycles. The lowest BCUT2D eigenvalue weighted by Gasteiger charge is -2.12. The molecule has 1 aromatic heterocycles. The van der Waals surface area contributed by atoms with Crippen LogP contribution in [0.15, 0.2) is 53.3 Å². The zero-order valence-electron chi connectivity index (χ0n) is 17.8. The summed E-state index contributed by atoms with van der Waals surface area (Å²) in [5.74, 6) is -0.831. The Balaban J connectivity index is 1.64. The van der Waals surface area contributed by atoms with E-state index in [2.05, 4.69) is 16.6 Å². The number of unbranched alkanes of at least 4 members (excludes halogenated alkanes) is 1. The van der Waals surface area contributed by atoms with E-state index in [4.69, 9.17) is 4.74 Å². The van der Waals surface area contributed by atoms with Crippen LogP contribution in [0.1, 0.15) is 47.8 Å². The predicted molar refractivity (Wildman–Crippen MR) is 117 cm³/mol. The number of ether oxygens (including phenoxy) is 2. The van der Waals surface area contributed by atoms with E-state index >= 15 is 0 Å². The van der Waals surface area contributed by atoms with Crippen molar-refractivity contribution in [2.24, 2.45) is 0 Å². The third-order valence-electron chi connectivity index (χ3n) is 5.00. The van der Waals surface area contributed by atoms with Gasteiger partial charge >= 0.3 is 11.9 Å². The van der Waals surface area contributed by atoms with Gasteiger partial charge in [-0.05, 0) is 36.2 Å². The topological polar surface area (TPSA) is 87.5 Å². The summed E-state index contributed by atoms with van der Waals surface area (Å²) in [6, 6.07) is 14.2. The molecule has 162 valence electrons. The third-order valence-corrected chi connectivity index (χ3v) is 5.00. The van der Waals surface area contributed by atoms with Gasteiger partial charge < -0.3 is 14.0 Å². The van der Waals surface area contributed by atoms with E-state index in [1.807, 2.05) is 24.3 Å². The number of benzene rings is 2. The Bertz CT molecular complexity index is 1120. The van der Waals surface area contributed by atoms with Crippen LogP contribution in [0.4, 0.5) is 0 Å². The van der Waals surface area contributed by atoms with Gasteiger partial charge in [0.05, 0.1) is 30.1 Å². The maximum Gasteiger partial charge on any atom is 0.337 e. The van der Waals surface area contributed by atoms with E-state index in [1.165, 1.54) is 7.11 Å². The molecule has 0 aliphatic rings. The van der Waals surface area contributed by atoms with Gasteiger partial charge in [0, 0.05) is 13.0 Å². The van der Waals surface area contributed by atoms with Gasteiger partial charge in [-0.3, -0.25) is 9.59 Å². The number of nitrogens with zero attached hydrogens (tertiary/aromatic N) is 2. The van der Waals surface area contributed by atoms with Crippen LogP contribution in [0.5, 0.6) is 0 Å². The molecule has 0 unspecified atom stereocenters. The minimum atomic E-state index is -0.420. The fourth-order valence-corrected chi connectivity index (χ4v) is 3.26. The molecule has 3 aromatic rings. The van der Waals surface area contributed by atoms with Crippen molar-refractivity contribution in [1.82, 2.24) is 9.55 Å². The summed E-state index contributed by atoms with van der Waals surface area (Å²) in [5, 5.41) is 0. The molecule has 0 bridgehead atoms. The van der Waals surface area contributed by atoms with Crippen LogP contribution in [0.2, 0.25) is 0 Å². The van der Waals surface area contributed by atoms with E-state index in [9.17, 15) is 14.4 Å². The zero-order valence-corrected chi connectivity index (χ0v) is 17.8. The SMILES string of the molecule is CCCCn1c(=O)c(CCC(=O)OCc2ccc(C(=O)OC)cc2)nc2ccccc21. The summed E-state index contributed by atoms with van der Waals surface area (Å²) >= 11 is 0. The molecule has 7 heteroatoms. The average Bonchev–Trinajstić information content (AvgIpc) is 2.80. The van der Waals surface area contributed by atoms with Crippen LogP contribution in [-0.2, 0) is 33.8 Å². The monoisotopic (exact) mass is 422 g/mol. The molecular formula is C24H26N2O5. The van der Waals surface area contributed by atoms with Crippen molar-refractivity contribution in [3.63, 3.8) is 0 Å². The highest BCUT2D eigenvalue weighted by Gasteiger charge is 2.13. The van der Waals surface area contributed by atoms with Gasteiger partial charge in [0.1, 0.15) is 12.3 Å². The minimum Gasteiger partial charge on any atom is -0.465 e. The number of hydrogen-bond donors (Lipinski definition) is 0. The summed E-state index contributed by atoms with van der Waals surface area (Å²) in [7, 11) is 1.32. The van der Waals surface area contributed by atoms with Crippen molar-refractivity contribution in [2.45, 2.75) is 45.8 Å². The molecule has 3 rings (SSSR count). The summed E-state index contributed by atoms with van der Waals surface area (Å²) in [6.45, 7) is 2.79. The number of fused-ring (bicyclic) bond motifs is 1. The number of esters is 2. The molecule has 0 N–H and O–H groups in total. The number of rotatable bonds is 9. The molecule has 31 heavy (non-hydrogen) atoms. The first-order valence-electron chi connectivity index (χ1n) is 10.3. The highest BCUT2D eigenvalue weighted by Crippen LogP contribution is 2.12.